The first kappa shape index (κ1) is 8.69. The van der Waals surface area contributed by atoms with Gasteiger partial charge in [0.25, 0.3) is 0 Å². The number of halogens is 1. The molecular weight excluding hydrogens is 223 g/mol. The zero-order chi connectivity index (χ0) is 7.28. The normalized spacial score (nSPS) is 8.00. The Kier molecular flexibility index (Phi) is 4.40. The smallest absolute Gasteiger partial charge is 0.0946 e. The summed E-state index contributed by atoms with van der Waals surface area (Å²) in [6, 6.07) is 0. The van der Waals surface area contributed by atoms with Gasteiger partial charge in [0.05, 0.1) is 0 Å². The molecule has 0 aromatic rings. The Morgan fingerprint density at radius 2 is 1.33 bits per heavy atom. The lowest BCUT2D eigenvalue weighted by molar-refractivity contribution is -0.543. The summed E-state index contributed by atoms with van der Waals surface area (Å²) in [5.74, 6) is 0. The van der Waals surface area contributed by atoms with E-state index >= 15 is 0 Å². The van der Waals surface area contributed by atoms with Crippen molar-refractivity contribution in [3.8, 4) is 0 Å². The number of hydrogen-bond donors (Lipinski definition) is 0. The van der Waals surface area contributed by atoms with Crippen LogP contribution < -0.4 is 21.2 Å². The van der Waals surface area contributed by atoms with Crippen LogP contribution in [-0.2, 0) is 0 Å². The Bertz CT molecular complexity index is 136. The van der Waals surface area contributed by atoms with Crippen molar-refractivity contribution in [2.24, 2.45) is 0 Å². The molecule has 0 atom stereocenters. The van der Waals surface area contributed by atoms with E-state index in [1.165, 1.54) is 0 Å². The summed E-state index contributed by atoms with van der Waals surface area (Å²) in [6.07, 6.45) is 3.56. The Labute approximate surface area is 66.9 Å². The van der Waals surface area contributed by atoms with E-state index in [2.05, 4.69) is 26.3 Å². The Morgan fingerprint density at radius 1 is 1.00 bits per heavy atom. The fourth-order valence-electron chi connectivity index (χ4n) is 0.233. The third-order valence-corrected chi connectivity index (χ3v) is 2.95. The van der Waals surface area contributed by atoms with Gasteiger partial charge >= 0.3 is 21.2 Å². The number of allylic oxidation sites excluding steroid dienone is 4. The van der Waals surface area contributed by atoms with Crippen LogP contribution in [0, 0.1) is 0 Å². The topological polar surface area (TPSA) is 0 Å². The molecule has 0 aliphatic heterocycles. The molecule has 0 spiro atoms. The second kappa shape index (κ2) is 4.56. The van der Waals surface area contributed by atoms with E-state index in [1.807, 2.05) is 0 Å². The van der Waals surface area contributed by atoms with Gasteiger partial charge in [-0.05, 0) is 25.3 Å². The van der Waals surface area contributed by atoms with Crippen molar-refractivity contribution in [2.45, 2.75) is 0 Å². The van der Waals surface area contributed by atoms with Gasteiger partial charge in [-0.15, -0.1) is 0 Å². The van der Waals surface area contributed by atoms with E-state index in [4.69, 9.17) is 0 Å². The van der Waals surface area contributed by atoms with E-state index < -0.39 is 0 Å². The highest BCUT2D eigenvalue weighted by atomic mass is 127. The molecule has 0 saturated carbocycles. The number of hydrogen-bond acceptors (Lipinski definition) is 0. The molecule has 48 valence electrons. The van der Waals surface area contributed by atoms with Crippen molar-refractivity contribution >= 4 is 0 Å². The summed E-state index contributed by atoms with van der Waals surface area (Å²) in [5.41, 5.74) is 0. The summed E-state index contributed by atoms with van der Waals surface area (Å²) >= 11 is -0.126. The highest BCUT2D eigenvalue weighted by Crippen LogP contribution is 1.72. The molecule has 0 unspecified atom stereocenters. The Balaban J connectivity index is 3.73. The van der Waals surface area contributed by atoms with Crippen molar-refractivity contribution in [2.75, 3.05) is 0 Å². The van der Waals surface area contributed by atoms with Crippen LogP contribution in [0.2, 0.25) is 0 Å². The highest BCUT2D eigenvalue weighted by molar-refractivity contribution is 5.06. The second-order valence-corrected chi connectivity index (χ2v) is 4.71. The lowest BCUT2D eigenvalue weighted by Gasteiger charge is -1.75. The summed E-state index contributed by atoms with van der Waals surface area (Å²) in [4.78, 5) is 0. The van der Waals surface area contributed by atoms with E-state index in [1.54, 1.807) is 12.2 Å². The largest absolute Gasteiger partial charge is 0.356 e. The Morgan fingerprint density at radius 3 is 1.56 bits per heavy atom. The Hall–Kier alpha value is -0.310. The van der Waals surface area contributed by atoms with Crippen molar-refractivity contribution in [3.05, 3.63) is 45.6 Å². The zero-order valence-corrected chi connectivity index (χ0v) is 7.52. The van der Waals surface area contributed by atoms with Gasteiger partial charge in [-0.25, -0.2) is 0 Å². The first-order chi connectivity index (χ1) is 4.20. The first-order valence-corrected chi connectivity index (χ1v) is 4.64. The average molecular weight is 233 g/mol. The van der Waals surface area contributed by atoms with E-state index in [9.17, 15) is 0 Å². The molecule has 0 bridgehead atoms. The van der Waals surface area contributed by atoms with Crippen LogP contribution in [0.25, 0.3) is 0 Å². The maximum atomic E-state index is 3.78. The molecule has 0 aromatic heterocycles. The van der Waals surface area contributed by atoms with Crippen molar-refractivity contribution < 1.29 is 21.2 Å². The molecule has 0 nitrogen and oxygen atoms in total. The SMILES string of the molecule is C=CC(=C)[I+]C(=C)C=C. The maximum absolute atomic E-state index is 3.78. The van der Waals surface area contributed by atoms with Gasteiger partial charge in [-0.3, -0.25) is 0 Å². The van der Waals surface area contributed by atoms with Gasteiger partial charge in [0, 0.05) is 0 Å². The van der Waals surface area contributed by atoms with Crippen LogP contribution in [0.4, 0.5) is 0 Å². The van der Waals surface area contributed by atoms with Crippen molar-refractivity contribution in [1.82, 2.24) is 0 Å². The molecule has 0 radical (unpaired) electrons. The fraction of sp³-hybridized carbons (Fsp3) is 0. The maximum Gasteiger partial charge on any atom is 0.356 e. The molecule has 0 aliphatic rings. The van der Waals surface area contributed by atoms with Crippen LogP contribution in [-0.4, -0.2) is 0 Å². The molecule has 9 heavy (non-hydrogen) atoms. The molecule has 1 heteroatoms. The van der Waals surface area contributed by atoms with Crippen LogP contribution >= 0.6 is 0 Å². The van der Waals surface area contributed by atoms with E-state index in [0.29, 0.717) is 0 Å². The summed E-state index contributed by atoms with van der Waals surface area (Å²) in [7, 11) is 0. The summed E-state index contributed by atoms with van der Waals surface area (Å²) in [6.45, 7) is 14.8. The van der Waals surface area contributed by atoms with Gasteiger partial charge in [0.1, 0.15) is 0 Å². The highest BCUT2D eigenvalue weighted by Gasteiger charge is 2.10. The minimum Gasteiger partial charge on any atom is -0.0946 e. The third kappa shape index (κ3) is 4.21. The molecule has 0 N–H and O–H groups in total. The van der Waals surface area contributed by atoms with Crippen LogP contribution in [0.5, 0.6) is 0 Å². The van der Waals surface area contributed by atoms with E-state index in [0.717, 1.165) is 7.16 Å². The van der Waals surface area contributed by atoms with Crippen molar-refractivity contribution in [3.63, 3.8) is 0 Å². The van der Waals surface area contributed by atoms with Gasteiger partial charge in [-0.1, -0.05) is 13.2 Å². The molecule has 0 heterocycles. The lowest BCUT2D eigenvalue weighted by Crippen LogP contribution is -3.59. The van der Waals surface area contributed by atoms with Crippen molar-refractivity contribution in [1.29, 1.82) is 0 Å². The van der Waals surface area contributed by atoms with Gasteiger partial charge in [0.2, 0.25) is 0 Å². The van der Waals surface area contributed by atoms with Crippen LogP contribution in [0.3, 0.4) is 0 Å². The summed E-state index contributed by atoms with van der Waals surface area (Å²) < 4.78 is 2.19. The monoisotopic (exact) mass is 233 g/mol. The third-order valence-electron chi connectivity index (χ3n) is 0.686. The lowest BCUT2D eigenvalue weighted by atomic mass is 10.6. The minimum absolute atomic E-state index is 0.126. The average Bonchev–Trinajstić information content (AvgIpc) is 1.87. The molecule has 0 aliphatic carbocycles. The van der Waals surface area contributed by atoms with Crippen LogP contribution in [0.1, 0.15) is 0 Å². The quantitative estimate of drug-likeness (QED) is 0.452. The number of rotatable bonds is 4. The van der Waals surface area contributed by atoms with E-state index in [-0.39, 0.29) is 21.2 Å². The molecule has 0 saturated heterocycles. The van der Waals surface area contributed by atoms with Crippen LogP contribution in [0.15, 0.2) is 45.6 Å². The zero-order valence-electron chi connectivity index (χ0n) is 5.36. The summed E-state index contributed by atoms with van der Waals surface area (Å²) in [5, 5.41) is 0. The molecule has 0 rings (SSSR count). The molecule has 0 aromatic carbocycles. The fourth-order valence-corrected chi connectivity index (χ4v) is 1.56. The molecule has 0 fully saturated rings. The van der Waals surface area contributed by atoms with Gasteiger partial charge in [0.15, 0.2) is 7.16 Å². The predicted molar refractivity (Wildman–Crippen MR) is 38.7 cm³/mol. The van der Waals surface area contributed by atoms with Gasteiger partial charge < -0.3 is 0 Å². The second-order valence-electron chi connectivity index (χ2n) is 1.40. The minimum atomic E-state index is -0.126. The standard InChI is InChI=1S/C8H10I/c1-5-7(3)9-8(4)6-2/h5-6H,1-4H2/q+1. The van der Waals surface area contributed by atoms with Gasteiger partial charge in [-0.2, -0.15) is 0 Å². The molecule has 0 amide bonds. The predicted octanol–water partition coefficient (Wildman–Crippen LogP) is -0.525. The first-order valence-electron chi connectivity index (χ1n) is 2.48. The molecular formula is C8H10I+.